The number of hydrogen-bond acceptors (Lipinski definition) is 6. The fourth-order valence-corrected chi connectivity index (χ4v) is 4.32. The van der Waals surface area contributed by atoms with E-state index in [9.17, 15) is 4.79 Å². The Hall–Kier alpha value is 0.0900. The zero-order valence-corrected chi connectivity index (χ0v) is 9.72. The zero-order valence-electron chi connectivity index (χ0n) is 6.45. The Bertz CT molecular complexity index is 338. The largest absolute Gasteiger partial charge is 0.465 e. The van der Waals surface area contributed by atoms with Crippen LogP contribution in [0.5, 0.6) is 0 Å². The maximum atomic E-state index is 11.1. The Morgan fingerprint density at radius 3 is 2.75 bits per heavy atom. The van der Waals surface area contributed by atoms with E-state index in [1.807, 2.05) is 6.26 Å². The normalized spacial score (nSPS) is 9.83. The number of rotatable bonds is 2. The van der Waals surface area contributed by atoms with Gasteiger partial charge in [-0.15, -0.1) is 34.4 Å². The second kappa shape index (κ2) is 4.36. The summed E-state index contributed by atoms with van der Waals surface area (Å²) in [6.45, 7) is 0. The topological polar surface area (TPSA) is 26.3 Å². The van der Waals surface area contributed by atoms with E-state index in [0.717, 1.165) is 7.35 Å². The Morgan fingerprint density at radius 2 is 2.25 bits per heavy atom. The van der Waals surface area contributed by atoms with Crippen molar-refractivity contribution in [3.8, 4) is 0 Å². The molecule has 0 N–H and O–H groups in total. The lowest BCUT2D eigenvalue weighted by Crippen LogP contribution is -1.98. The molecule has 2 nitrogen and oxygen atoms in total. The molecule has 0 aliphatic carbocycles. The number of methoxy groups -OCH3 is 1. The van der Waals surface area contributed by atoms with Crippen LogP contribution in [0.1, 0.15) is 9.67 Å². The molecule has 66 valence electrons. The molecule has 1 heterocycles. The Balaban J connectivity index is 3.13. The van der Waals surface area contributed by atoms with E-state index >= 15 is 0 Å². The molecule has 0 fully saturated rings. The van der Waals surface area contributed by atoms with E-state index in [1.54, 1.807) is 0 Å². The van der Waals surface area contributed by atoms with Crippen LogP contribution in [-0.2, 0) is 4.74 Å². The van der Waals surface area contributed by atoms with Crippen molar-refractivity contribution in [2.75, 3.05) is 13.4 Å². The summed E-state index contributed by atoms with van der Waals surface area (Å²) in [4.78, 5) is 11.8. The highest BCUT2D eigenvalue weighted by atomic mass is 32.2. The quantitative estimate of drug-likeness (QED) is 0.449. The molecule has 0 unspecified atom stereocenters. The van der Waals surface area contributed by atoms with Gasteiger partial charge in [-0.1, -0.05) is 12.2 Å². The predicted molar refractivity (Wildman–Crippen MR) is 56.2 cm³/mol. The SMILES string of the molecule is COC(=O)c1sc(=S)sc1SC. The molecule has 0 amide bonds. The van der Waals surface area contributed by atoms with Crippen molar-refractivity contribution in [1.82, 2.24) is 0 Å². The summed E-state index contributed by atoms with van der Waals surface area (Å²) in [5.41, 5.74) is 0. The van der Waals surface area contributed by atoms with Crippen molar-refractivity contribution in [2.45, 2.75) is 4.21 Å². The number of carbonyl (C=O) groups is 1. The summed E-state index contributed by atoms with van der Waals surface area (Å²) >= 11 is 9.25. The van der Waals surface area contributed by atoms with Gasteiger partial charge < -0.3 is 4.74 Å². The second-order valence-electron chi connectivity index (χ2n) is 1.77. The third-order valence-corrected chi connectivity index (χ3v) is 4.98. The first-order valence-electron chi connectivity index (χ1n) is 2.95. The molecule has 0 bridgehead atoms. The number of esters is 1. The zero-order chi connectivity index (χ0) is 9.14. The van der Waals surface area contributed by atoms with Crippen molar-refractivity contribution < 1.29 is 9.53 Å². The summed E-state index contributed by atoms with van der Waals surface area (Å²) in [6.07, 6.45) is 1.92. The van der Waals surface area contributed by atoms with E-state index in [2.05, 4.69) is 4.74 Å². The molecule has 1 rings (SSSR count). The molecule has 12 heavy (non-hydrogen) atoms. The van der Waals surface area contributed by atoms with Gasteiger partial charge in [0, 0.05) is 0 Å². The van der Waals surface area contributed by atoms with Gasteiger partial charge in [0.25, 0.3) is 0 Å². The summed E-state index contributed by atoms with van der Waals surface area (Å²) in [7, 11) is 1.37. The predicted octanol–water partition coefficient (Wildman–Crippen LogP) is 3.05. The van der Waals surface area contributed by atoms with Gasteiger partial charge in [-0.05, 0) is 6.26 Å². The minimum atomic E-state index is -0.295. The Morgan fingerprint density at radius 1 is 1.58 bits per heavy atom. The molecule has 0 saturated heterocycles. The molecule has 0 aromatic carbocycles. The van der Waals surface area contributed by atoms with Gasteiger partial charge in [0.2, 0.25) is 0 Å². The summed E-state index contributed by atoms with van der Waals surface area (Å²) in [6, 6.07) is 0. The Kier molecular flexibility index (Phi) is 3.70. The van der Waals surface area contributed by atoms with Crippen LogP contribution in [0.15, 0.2) is 4.21 Å². The molecule has 6 heteroatoms. The minimum absolute atomic E-state index is 0.295. The molecule has 0 radical (unpaired) electrons. The van der Waals surface area contributed by atoms with Crippen LogP contribution in [-0.4, -0.2) is 19.3 Å². The van der Waals surface area contributed by atoms with Crippen molar-refractivity contribution in [1.29, 1.82) is 0 Å². The van der Waals surface area contributed by atoms with Crippen LogP contribution in [0.2, 0.25) is 0 Å². The fraction of sp³-hybridized carbons (Fsp3) is 0.333. The third kappa shape index (κ3) is 2.07. The average molecular weight is 238 g/mol. The molecule has 1 aromatic heterocycles. The van der Waals surface area contributed by atoms with Gasteiger partial charge in [0.1, 0.15) is 8.01 Å². The van der Waals surface area contributed by atoms with Crippen molar-refractivity contribution >= 4 is 52.6 Å². The molecule has 0 atom stereocenters. The molecule has 0 aliphatic rings. The van der Waals surface area contributed by atoms with Gasteiger partial charge in [-0.25, -0.2) is 4.79 Å². The van der Waals surface area contributed by atoms with E-state index < -0.39 is 0 Å². The van der Waals surface area contributed by atoms with Crippen LogP contribution >= 0.6 is 46.7 Å². The van der Waals surface area contributed by atoms with Gasteiger partial charge in [0.15, 0.2) is 0 Å². The summed E-state index contributed by atoms with van der Waals surface area (Å²) in [5.74, 6) is -0.295. The van der Waals surface area contributed by atoms with Gasteiger partial charge in [0.05, 0.1) is 11.3 Å². The van der Waals surface area contributed by atoms with Gasteiger partial charge >= 0.3 is 5.97 Å². The lowest BCUT2D eigenvalue weighted by molar-refractivity contribution is 0.0603. The van der Waals surface area contributed by atoms with Crippen LogP contribution < -0.4 is 0 Å². The molecular weight excluding hydrogens is 232 g/mol. The summed E-state index contributed by atoms with van der Waals surface area (Å²) in [5, 5.41) is 0. The lowest BCUT2D eigenvalue weighted by Gasteiger charge is -1.95. The molecular formula is C6H6O2S4. The van der Waals surface area contributed by atoms with E-state index in [1.165, 1.54) is 41.5 Å². The maximum Gasteiger partial charge on any atom is 0.350 e. The van der Waals surface area contributed by atoms with Crippen molar-refractivity contribution in [3.05, 3.63) is 8.01 Å². The summed E-state index contributed by atoms with van der Waals surface area (Å²) < 4.78 is 6.32. The fourth-order valence-electron chi connectivity index (χ4n) is 0.620. The van der Waals surface area contributed by atoms with Crippen LogP contribution in [0, 0.1) is 3.14 Å². The smallest absolute Gasteiger partial charge is 0.350 e. The van der Waals surface area contributed by atoms with Gasteiger partial charge in [-0.2, -0.15) is 0 Å². The number of hydrogen-bond donors (Lipinski definition) is 0. The third-order valence-electron chi connectivity index (χ3n) is 1.10. The highest BCUT2D eigenvalue weighted by Crippen LogP contribution is 2.32. The van der Waals surface area contributed by atoms with E-state index in [4.69, 9.17) is 12.2 Å². The van der Waals surface area contributed by atoms with Crippen LogP contribution in [0.4, 0.5) is 0 Å². The Labute approximate surface area is 87.6 Å². The van der Waals surface area contributed by atoms with E-state index in [-0.39, 0.29) is 5.97 Å². The average Bonchev–Trinajstić information content (AvgIpc) is 2.45. The molecule has 0 spiro atoms. The molecule has 0 aliphatic heterocycles. The van der Waals surface area contributed by atoms with Crippen LogP contribution in [0.25, 0.3) is 0 Å². The van der Waals surface area contributed by atoms with Crippen LogP contribution in [0.3, 0.4) is 0 Å². The standard InChI is InChI=1S/C6H6O2S4/c1-8-4(7)3-5(10-2)12-6(9)11-3/h1-2H3. The first-order valence-corrected chi connectivity index (χ1v) is 6.22. The minimum Gasteiger partial charge on any atom is -0.465 e. The highest BCUT2D eigenvalue weighted by Gasteiger charge is 2.14. The maximum absolute atomic E-state index is 11.1. The highest BCUT2D eigenvalue weighted by molar-refractivity contribution is 8.01. The lowest BCUT2D eigenvalue weighted by atomic mass is 10.6. The first-order chi connectivity index (χ1) is 5.69. The van der Waals surface area contributed by atoms with Crippen molar-refractivity contribution in [2.24, 2.45) is 0 Å². The molecule has 0 saturated carbocycles. The monoisotopic (exact) mass is 238 g/mol. The first kappa shape index (κ1) is 10.2. The molecule has 1 aromatic rings. The van der Waals surface area contributed by atoms with E-state index in [0.29, 0.717) is 4.88 Å². The second-order valence-corrected chi connectivity index (χ2v) is 6.07. The number of ether oxygens (including phenoxy) is 1. The number of carbonyl (C=O) groups excluding carboxylic acids is 1. The van der Waals surface area contributed by atoms with Gasteiger partial charge in [-0.3, -0.25) is 0 Å². The number of thioether (sulfide) groups is 1. The van der Waals surface area contributed by atoms with Crippen molar-refractivity contribution in [3.63, 3.8) is 0 Å².